The predicted molar refractivity (Wildman–Crippen MR) is 146 cm³/mol. The van der Waals surface area contributed by atoms with Gasteiger partial charge in [0.1, 0.15) is 12.3 Å². The molecular weight excluding hydrogens is 504 g/mol. The number of nitrogens with one attached hydrogen (secondary N) is 1. The number of nitrogens with two attached hydrogens (primary N) is 1. The molecule has 9 nitrogen and oxygen atoms in total. The first-order valence-electron chi connectivity index (χ1n) is 12.7. The lowest BCUT2D eigenvalue weighted by Crippen LogP contribution is -2.62. The molecule has 0 saturated carbocycles. The van der Waals surface area contributed by atoms with Crippen LogP contribution in [0.4, 0.5) is 5.82 Å². The maximum absolute atomic E-state index is 13.5. The quantitative estimate of drug-likeness (QED) is 0.343. The number of likely N-dealkylation sites (N-methyl/N-ethyl adjacent to an activating group) is 1. The maximum atomic E-state index is 13.5. The molecule has 2 amide bonds. The number of aryl methyl sites for hydroxylation is 1. The van der Waals surface area contributed by atoms with Crippen molar-refractivity contribution < 1.29 is 27.0 Å². The van der Waals surface area contributed by atoms with E-state index in [2.05, 4.69) is 9.88 Å². The molecule has 3 atom stereocenters. The molecule has 0 spiro atoms. The Balaban J connectivity index is 2.15. The molecule has 10 heteroatoms. The van der Waals surface area contributed by atoms with Gasteiger partial charge in [-0.05, 0) is 31.9 Å². The number of carbonyl (C=O) groups is 2. The van der Waals surface area contributed by atoms with Crippen LogP contribution in [0.15, 0.2) is 57.9 Å². The van der Waals surface area contributed by atoms with Gasteiger partial charge < -0.3 is 10.3 Å². The Hall–Kier alpha value is -3.50. The first kappa shape index (κ1) is 29.1. The van der Waals surface area contributed by atoms with Crippen molar-refractivity contribution in [1.82, 2.24) is 5.16 Å². The molecule has 0 saturated heterocycles. The van der Waals surface area contributed by atoms with Crippen molar-refractivity contribution in [3.8, 4) is 11.1 Å². The highest BCUT2D eigenvalue weighted by Gasteiger charge is 2.45. The number of benzene rings is 2. The molecule has 3 aromatic rings. The van der Waals surface area contributed by atoms with Gasteiger partial charge in [-0.1, -0.05) is 68.4 Å². The number of hydrogen-bond acceptors (Lipinski definition) is 6. The van der Waals surface area contributed by atoms with Gasteiger partial charge in [-0.3, -0.25) is 9.52 Å². The lowest BCUT2D eigenvalue weighted by Gasteiger charge is -2.40. The summed E-state index contributed by atoms with van der Waals surface area (Å²) in [5.41, 5.74) is 8.28. The highest BCUT2D eigenvalue weighted by Crippen LogP contribution is 2.35. The van der Waals surface area contributed by atoms with Crippen molar-refractivity contribution >= 4 is 27.7 Å². The molecule has 204 valence electrons. The molecule has 0 aliphatic carbocycles. The third-order valence-corrected chi connectivity index (χ3v) is 8.73. The second-order valence-electron chi connectivity index (χ2n) is 9.88. The monoisotopic (exact) mass is 541 g/mol. The van der Waals surface area contributed by atoms with E-state index in [1.54, 1.807) is 46.0 Å². The van der Waals surface area contributed by atoms with E-state index in [1.165, 1.54) is 6.07 Å². The molecule has 1 unspecified atom stereocenters. The van der Waals surface area contributed by atoms with Crippen LogP contribution in [0, 0.1) is 19.8 Å². The normalized spacial score (nSPS) is 14.9. The van der Waals surface area contributed by atoms with Gasteiger partial charge in [-0.25, -0.2) is 17.7 Å². The lowest BCUT2D eigenvalue weighted by atomic mass is 9.92. The van der Waals surface area contributed by atoms with E-state index >= 15 is 0 Å². The minimum absolute atomic E-state index is 0.0527. The molecular formula is C28H37N4O5S+. The topological polar surface area (TPSA) is 132 Å². The molecule has 0 radical (unpaired) electrons. The van der Waals surface area contributed by atoms with Crippen LogP contribution in [0.5, 0.6) is 0 Å². The summed E-state index contributed by atoms with van der Waals surface area (Å²) in [6.45, 7) is 9.24. The zero-order chi connectivity index (χ0) is 28.3. The third kappa shape index (κ3) is 5.66. The zero-order valence-corrected chi connectivity index (χ0v) is 23.6. The van der Waals surface area contributed by atoms with E-state index in [4.69, 9.17) is 10.3 Å². The average molecular weight is 542 g/mol. The van der Waals surface area contributed by atoms with E-state index < -0.39 is 22.0 Å². The number of quaternary nitrogens is 1. The summed E-state index contributed by atoms with van der Waals surface area (Å²) in [5, 5.41) is 3.83. The molecule has 3 rings (SSSR count). The summed E-state index contributed by atoms with van der Waals surface area (Å²) in [5.74, 6) is -0.147. The lowest BCUT2D eigenvalue weighted by molar-refractivity contribution is -0.868. The number of carbonyl (C=O) groups excluding carboxylic acids is 2. The highest BCUT2D eigenvalue weighted by molar-refractivity contribution is 7.92. The van der Waals surface area contributed by atoms with Crippen LogP contribution in [0.25, 0.3) is 11.1 Å². The van der Waals surface area contributed by atoms with Crippen LogP contribution in [0.3, 0.4) is 0 Å². The largest absolute Gasteiger partial charge is 0.364 e. The van der Waals surface area contributed by atoms with E-state index in [0.29, 0.717) is 28.9 Å². The van der Waals surface area contributed by atoms with Gasteiger partial charge in [-0.2, -0.15) is 0 Å². The van der Waals surface area contributed by atoms with Crippen LogP contribution in [0.2, 0.25) is 0 Å². The fourth-order valence-electron chi connectivity index (χ4n) is 4.94. The fourth-order valence-corrected chi connectivity index (χ4v) is 6.22. The van der Waals surface area contributed by atoms with Gasteiger partial charge in [0, 0.05) is 22.6 Å². The van der Waals surface area contributed by atoms with E-state index in [0.717, 1.165) is 5.56 Å². The van der Waals surface area contributed by atoms with Crippen LogP contribution in [-0.4, -0.2) is 43.0 Å². The molecule has 1 heterocycles. The predicted octanol–water partition coefficient (Wildman–Crippen LogP) is 4.54. The number of primary amides is 1. The van der Waals surface area contributed by atoms with Crippen molar-refractivity contribution in [2.24, 2.45) is 11.7 Å². The summed E-state index contributed by atoms with van der Waals surface area (Å²) in [4.78, 5) is 26.1. The molecule has 1 aromatic heterocycles. The number of hydrogen-bond donors (Lipinski definition) is 2. The van der Waals surface area contributed by atoms with Crippen LogP contribution in [0.1, 0.15) is 50.5 Å². The van der Waals surface area contributed by atoms with Gasteiger partial charge in [0.05, 0.1) is 18.4 Å². The number of nitrogens with zero attached hydrogens (tertiary/aromatic N) is 2. The minimum Gasteiger partial charge on any atom is -0.364 e. The molecule has 0 fully saturated rings. The Bertz CT molecular complexity index is 1430. The highest BCUT2D eigenvalue weighted by atomic mass is 32.2. The number of rotatable bonds is 11. The standard InChI is InChI=1S/C28H36N4O5S/c1-7-18(3)26(27(29)34)32(6,25(33)8-2)17-21-13-9-10-14-22(21)23-15-11-12-16-24(23)38(35,36)31-28-19(4)20(5)37-30-28/h9-16,18,26H,7-8,17H2,1-6H3,(H2-,29,30,31,34)/p+1/t18-,26-,32?/m0/s1. The van der Waals surface area contributed by atoms with Gasteiger partial charge in [0.25, 0.3) is 15.9 Å². The average Bonchev–Trinajstić information content (AvgIpc) is 3.19. The van der Waals surface area contributed by atoms with Gasteiger partial charge >= 0.3 is 5.91 Å². The number of anilines is 1. The molecule has 0 aliphatic heterocycles. The van der Waals surface area contributed by atoms with Gasteiger partial charge in [-0.15, -0.1) is 0 Å². The Morgan fingerprint density at radius 2 is 1.66 bits per heavy atom. The summed E-state index contributed by atoms with van der Waals surface area (Å²) >= 11 is 0. The van der Waals surface area contributed by atoms with E-state index in [1.807, 2.05) is 38.1 Å². The summed E-state index contributed by atoms with van der Waals surface area (Å²) in [6, 6.07) is 13.2. The molecule has 2 aromatic carbocycles. The Morgan fingerprint density at radius 1 is 1.05 bits per heavy atom. The second kappa shape index (κ2) is 11.5. The third-order valence-electron chi connectivity index (χ3n) is 7.33. The first-order chi connectivity index (χ1) is 17.9. The Labute approximate surface area is 224 Å². The summed E-state index contributed by atoms with van der Waals surface area (Å²) in [6.07, 6.45) is 0.901. The number of sulfonamides is 1. The number of amides is 2. The second-order valence-corrected chi connectivity index (χ2v) is 11.5. The van der Waals surface area contributed by atoms with Crippen molar-refractivity contribution in [3.63, 3.8) is 0 Å². The van der Waals surface area contributed by atoms with Gasteiger partial charge in [0.15, 0.2) is 11.9 Å². The van der Waals surface area contributed by atoms with Crippen molar-refractivity contribution in [2.75, 3.05) is 11.8 Å². The minimum atomic E-state index is -4.05. The molecule has 0 bridgehead atoms. The fraction of sp³-hybridized carbons (Fsp3) is 0.393. The first-order valence-corrected chi connectivity index (χ1v) is 14.2. The molecule has 3 N–H and O–H groups in total. The van der Waals surface area contributed by atoms with Crippen molar-refractivity contribution in [2.45, 2.75) is 64.9 Å². The van der Waals surface area contributed by atoms with E-state index in [-0.39, 0.29) is 40.0 Å². The van der Waals surface area contributed by atoms with Gasteiger partial charge in [0.2, 0.25) is 0 Å². The SMILES string of the molecule is CCC(=O)[N+](C)(Cc1ccccc1-c1ccccc1S(=O)(=O)Nc1noc(C)c1C)[C@H](C(N)=O)[C@@H](C)CC. The zero-order valence-electron chi connectivity index (χ0n) is 22.8. The maximum Gasteiger partial charge on any atom is 0.314 e. The summed E-state index contributed by atoms with van der Waals surface area (Å²) < 4.78 is 34.5. The molecule has 0 aliphatic rings. The van der Waals surface area contributed by atoms with Crippen LogP contribution in [-0.2, 0) is 26.2 Å². The van der Waals surface area contributed by atoms with Crippen molar-refractivity contribution in [3.05, 3.63) is 65.4 Å². The van der Waals surface area contributed by atoms with E-state index in [9.17, 15) is 18.0 Å². The molecule has 38 heavy (non-hydrogen) atoms. The Morgan fingerprint density at radius 3 is 2.21 bits per heavy atom. The summed E-state index contributed by atoms with van der Waals surface area (Å²) in [7, 11) is -2.31. The number of aromatic nitrogens is 1. The van der Waals surface area contributed by atoms with Crippen molar-refractivity contribution in [1.29, 1.82) is 0 Å². The smallest absolute Gasteiger partial charge is 0.314 e. The van der Waals surface area contributed by atoms with Crippen LogP contribution >= 0.6 is 0 Å². The van der Waals surface area contributed by atoms with Crippen LogP contribution < -0.4 is 10.5 Å². The Kier molecular flexibility index (Phi) is 8.79.